The second-order valence-corrected chi connectivity index (χ2v) is 8.75. The van der Waals surface area contributed by atoms with E-state index in [1.54, 1.807) is 0 Å². The fourth-order valence-electron chi connectivity index (χ4n) is 4.87. The highest BCUT2D eigenvalue weighted by atomic mass is 16.6. The molecule has 0 spiro atoms. The third-order valence-electron chi connectivity index (χ3n) is 6.70. The molecule has 2 aromatic rings. The highest BCUT2D eigenvalue weighted by molar-refractivity contribution is 5.79. The summed E-state index contributed by atoms with van der Waals surface area (Å²) >= 11 is 0. The molecule has 4 rings (SSSR count). The molecule has 0 radical (unpaired) electrons. The Balaban J connectivity index is 1.42. The molecule has 5 heteroatoms. The van der Waals surface area contributed by atoms with Crippen molar-refractivity contribution in [3.63, 3.8) is 0 Å². The van der Waals surface area contributed by atoms with Gasteiger partial charge in [0.2, 0.25) is 5.91 Å². The summed E-state index contributed by atoms with van der Waals surface area (Å²) in [5, 5.41) is 2.88. The predicted molar refractivity (Wildman–Crippen MR) is 120 cm³/mol. The minimum atomic E-state index is -0.703. The number of hydrogen-bond acceptors (Lipinski definition) is 3. The molecule has 164 valence electrons. The Bertz CT molecular complexity index is 855. The highest BCUT2D eigenvalue weighted by Crippen LogP contribution is 2.38. The fourth-order valence-corrected chi connectivity index (χ4v) is 4.87. The van der Waals surface area contributed by atoms with Crippen LogP contribution in [0.4, 0.5) is 4.79 Å². The van der Waals surface area contributed by atoms with Crippen LogP contribution in [0.3, 0.4) is 0 Å². The van der Waals surface area contributed by atoms with Crippen molar-refractivity contribution in [3.8, 4) is 0 Å². The first kappa shape index (κ1) is 21.4. The number of hydrogen-bond donors (Lipinski definition) is 1. The van der Waals surface area contributed by atoms with Crippen LogP contribution in [0.5, 0.6) is 0 Å². The Hall–Kier alpha value is -2.82. The Morgan fingerprint density at radius 2 is 1.52 bits per heavy atom. The first-order chi connectivity index (χ1) is 15.2. The number of alkyl carbamates (subject to hydrolysis) is 1. The lowest BCUT2D eigenvalue weighted by Crippen LogP contribution is -2.49. The van der Waals surface area contributed by atoms with Crippen LogP contribution >= 0.6 is 0 Å². The van der Waals surface area contributed by atoms with E-state index < -0.39 is 11.7 Å². The van der Waals surface area contributed by atoms with Crippen molar-refractivity contribution < 1.29 is 14.3 Å². The molecule has 2 aliphatic rings. The number of piperidine rings is 1. The number of carbonyl (C=O) groups is 2. The minimum Gasteiger partial charge on any atom is -0.438 e. The standard InChI is InChI=1S/C26H32N2O3/c29-24(22-12-6-2-7-13-22)28-18-16-26(17-19-28,23-14-8-3-9-15-23)31-25(30)27-20-21-10-4-1-5-11-21/h1,3-5,8-11,14-15,22H,2,6-7,12-13,16-20H2,(H,27,30). The molecule has 1 saturated carbocycles. The molecule has 31 heavy (non-hydrogen) atoms. The summed E-state index contributed by atoms with van der Waals surface area (Å²) in [5.74, 6) is 0.461. The second-order valence-electron chi connectivity index (χ2n) is 8.75. The zero-order valence-electron chi connectivity index (χ0n) is 18.1. The molecule has 2 amide bonds. The number of carbonyl (C=O) groups excluding carboxylic acids is 2. The Kier molecular flexibility index (Phi) is 6.90. The minimum absolute atomic E-state index is 0.174. The summed E-state index contributed by atoms with van der Waals surface area (Å²) in [4.78, 5) is 27.7. The van der Waals surface area contributed by atoms with E-state index >= 15 is 0 Å². The van der Waals surface area contributed by atoms with E-state index in [1.807, 2.05) is 65.6 Å². The number of rotatable bonds is 5. The topological polar surface area (TPSA) is 58.6 Å². The summed E-state index contributed by atoms with van der Waals surface area (Å²) in [5.41, 5.74) is 1.32. The van der Waals surface area contributed by atoms with Gasteiger partial charge in [0, 0.05) is 38.4 Å². The molecule has 1 aliphatic carbocycles. The lowest BCUT2D eigenvalue weighted by molar-refractivity contribution is -0.141. The van der Waals surface area contributed by atoms with E-state index in [-0.39, 0.29) is 11.8 Å². The number of ether oxygens (including phenoxy) is 1. The van der Waals surface area contributed by atoms with Crippen LogP contribution in [0.2, 0.25) is 0 Å². The summed E-state index contributed by atoms with van der Waals surface area (Å²) in [6, 6.07) is 19.8. The maximum atomic E-state index is 13.0. The van der Waals surface area contributed by atoms with Gasteiger partial charge in [-0.05, 0) is 24.0 Å². The van der Waals surface area contributed by atoms with Gasteiger partial charge in [0.15, 0.2) is 0 Å². The van der Waals surface area contributed by atoms with E-state index in [0.29, 0.717) is 32.5 Å². The van der Waals surface area contributed by atoms with Gasteiger partial charge in [-0.1, -0.05) is 79.9 Å². The Morgan fingerprint density at radius 3 is 2.16 bits per heavy atom. The van der Waals surface area contributed by atoms with Gasteiger partial charge in [0.05, 0.1) is 0 Å². The lowest BCUT2D eigenvalue weighted by Gasteiger charge is -2.42. The van der Waals surface area contributed by atoms with Crippen molar-refractivity contribution in [2.24, 2.45) is 5.92 Å². The van der Waals surface area contributed by atoms with E-state index in [4.69, 9.17) is 4.74 Å². The Labute approximate surface area is 184 Å². The first-order valence-corrected chi connectivity index (χ1v) is 11.5. The van der Waals surface area contributed by atoms with Gasteiger partial charge in [-0.2, -0.15) is 0 Å². The van der Waals surface area contributed by atoms with E-state index in [2.05, 4.69) is 5.32 Å². The molecule has 1 saturated heterocycles. The average Bonchev–Trinajstić information content (AvgIpc) is 2.84. The number of likely N-dealkylation sites (tertiary alicyclic amines) is 1. The zero-order valence-corrected chi connectivity index (χ0v) is 18.1. The van der Waals surface area contributed by atoms with Crippen molar-refractivity contribution in [1.29, 1.82) is 0 Å². The summed E-state index contributed by atoms with van der Waals surface area (Å²) < 4.78 is 6.07. The maximum absolute atomic E-state index is 13.0. The summed E-state index contributed by atoms with van der Waals surface area (Å²) in [7, 11) is 0. The molecule has 0 bridgehead atoms. The van der Waals surface area contributed by atoms with Gasteiger partial charge in [0.25, 0.3) is 0 Å². The molecule has 2 fully saturated rings. The van der Waals surface area contributed by atoms with Crippen LogP contribution in [0.1, 0.15) is 56.1 Å². The second kappa shape index (κ2) is 9.99. The van der Waals surface area contributed by atoms with E-state index in [1.165, 1.54) is 6.42 Å². The first-order valence-electron chi connectivity index (χ1n) is 11.5. The van der Waals surface area contributed by atoms with Crippen molar-refractivity contribution in [3.05, 3.63) is 71.8 Å². The molecule has 0 atom stereocenters. The van der Waals surface area contributed by atoms with Crippen molar-refractivity contribution in [1.82, 2.24) is 10.2 Å². The molecular weight excluding hydrogens is 388 g/mol. The van der Waals surface area contributed by atoms with E-state index in [9.17, 15) is 9.59 Å². The third kappa shape index (κ3) is 5.27. The summed E-state index contributed by atoms with van der Waals surface area (Å²) in [6.07, 6.45) is 6.40. The molecule has 5 nitrogen and oxygen atoms in total. The van der Waals surface area contributed by atoms with Crippen LogP contribution in [0.25, 0.3) is 0 Å². The van der Waals surface area contributed by atoms with Gasteiger partial charge in [-0.25, -0.2) is 4.79 Å². The van der Waals surface area contributed by atoms with Gasteiger partial charge < -0.3 is 15.0 Å². The zero-order chi connectivity index (χ0) is 21.5. The fraction of sp³-hybridized carbons (Fsp3) is 0.462. The molecule has 1 heterocycles. The van der Waals surface area contributed by atoms with Crippen molar-refractivity contribution in [2.45, 2.75) is 57.1 Å². The number of nitrogens with one attached hydrogen (secondary N) is 1. The van der Waals surface area contributed by atoms with E-state index in [0.717, 1.165) is 36.8 Å². The lowest BCUT2D eigenvalue weighted by atomic mass is 9.82. The van der Waals surface area contributed by atoms with Gasteiger partial charge in [0.1, 0.15) is 5.60 Å². The third-order valence-corrected chi connectivity index (χ3v) is 6.70. The number of nitrogens with zero attached hydrogens (tertiary/aromatic N) is 1. The smallest absolute Gasteiger partial charge is 0.408 e. The predicted octanol–water partition coefficient (Wildman–Crippen LogP) is 5.01. The van der Waals surface area contributed by atoms with Gasteiger partial charge in [-0.3, -0.25) is 4.79 Å². The Morgan fingerprint density at radius 1 is 0.903 bits per heavy atom. The van der Waals surface area contributed by atoms with Crippen molar-refractivity contribution >= 4 is 12.0 Å². The van der Waals surface area contributed by atoms with Crippen molar-refractivity contribution in [2.75, 3.05) is 13.1 Å². The number of amides is 2. The van der Waals surface area contributed by atoms with Crippen LogP contribution in [0.15, 0.2) is 60.7 Å². The van der Waals surface area contributed by atoms with Crippen LogP contribution in [0, 0.1) is 5.92 Å². The maximum Gasteiger partial charge on any atom is 0.408 e. The normalized spacial score (nSPS) is 18.9. The van der Waals surface area contributed by atoms with Crippen LogP contribution in [-0.2, 0) is 21.7 Å². The number of benzene rings is 2. The van der Waals surface area contributed by atoms with Crippen LogP contribution in [-0.4, -0.2) is 30.0 Å². The van der Waals surface area contributed by atoms with Gasteiger partial charge in [-0.15, -0.1) is 0 Å². The molecule has 1 aliphatic heterocycles. The molecule has 0 unspecified atom stereocenters. The summed E-state index contributed by atoms with van der Waals surface area (Å²) in [6.45, 7) is 1.67. The van der Waals surface area contributed by atoms with Gasteiger partial charge >= 0.3 is 6.09 Å². The van der Waals surface area contributed by atoms with Crippen LogP contribution < -0.4 is 5.32 Å². The highest BCUT2D eigenvalue weighted by Gasteiger charge is 2.41. The molecule has 1 N–H and O–H groups in total. The SMILES string of the molecule is O=C(NCc1ccccc1)OC1(c2ccccc2)CCN(C(=O)C2CCCCC2)CC1. The molecule has 2 aromatic carbocycles. The monoisotopic (exact) mass is 420 g/mol. The molecular formula is C26H32N2O3. The molecule has 0 aromatic heterocycles. The quantitative estimate of drug-likeness (QED) is 0.740. The largest absolute Gasteiger partial charge is 0.438 e. The average molecular weight is 421 g/mol.